The lowest BCUT2D eigenvalue weighted by molar-refractivity contribution is 0.926. The van der Waals surface area contributed by atoms with Crippen molar-refractivity contribution in [1.82, 2.24) is 9.97 Å². The van der Waals surface area contributed by atoms with Crippen LogP contribution in [-0.4, -0.2) is 17.0 Å². The van der Waals surface area contributed by atoms with Crippen molar-refractivity contribution < 1.29 is 0 Å². The molecule has 20 heavy (non-hydrogen) atoms. The Bertz CT molecular complexity index is 585. The van der Waals surface area contributed by atoms with Crippen LogP contribution >= 0.6 is 11.3 Å². The van der Waals surface area contributed by atoms with Crippen molar-refractivity contribution in [2.24, 2.45) is 0 Å². The molecular formula is C15H22N4S. The summed E-state index contributed by atoms with van der Waals surface area (Å²) in [5.74, 6) is 2.68. The Kier molecular flexibility index (Phi) is 4.60. The number of aromatic nitrogens is 2. The van der Waals surface area contributed by atoms with Crippen molar-refractivity contribution >= 4 is 23.0 Å². The monoisotopic (exact) mass is 290 g/mol. The van der Waals surface area contributed by atoms with Crippen LogP contribution in [0.2, 0.25) is 0 Å². The molecule has 2 aromatic rings. The van der Waals surface area contributed by atoms with Crippen LogP contribution in [0.1, 0.15) is 33.6 Å². The largest absolute Gasteiger partial charge is 0.373 e. The number of nitrogens with one attached hydrogen (secondary N) is 2. The van der Waals surface area contributed by atoms with Crippen LogP contribution in [0.4, 0.5) is 11.6 Å². The lowest BCUT2D eigenvalue weighted by Crippen LogP contribution is -2.09. The van der Waals surface area contributed by atoms with Crippen LogP contribution < -0.4 is 10.6 Å². The smallest absolute Gasteiger partial charge is 0.135 e. The zero-order chi connectivity index (χ0) is 14.7. The fraction of sp³-hybridized carbons (Fsp3) is 0.467. The van der Waals surface area contributed by atoms with E-state index < -0.39 is 0 Å². The molecule has 0 aromatic carbocycles. The Morgan fingerprint density at radius 2 is 1.85 bits per heavy atom. The second-order valence-electron chi connectivity index (χ2n) is 4.87. The maximum absolute atomic E-state index is 4.59. The van der Waals surface area contributed by atoms with Gasteiger partial charge in [-0.05, 0) is 32.4 Å². The van der Waals surface area contributed by atoms with Gasteiger partial charge in [0.05, 0.1) is 6.54 Å². The highest BCUT2D eigenvalue weighted by Gasteiger charge is 2.09. The first-order valence-corrected chi connectivity index (χ1v) is 7.71. The Morgan fingerprint density at radius 1 is 1.15 bits per heavy atom. The minimum Gasteiger partial charge on any atom is -0.373 e. The third-order valence-corrected chi connectivity index (χ3v) is 4.54. The van der Waals surface area contributed by atoms with E-state index in [4.69, 9.17) is 0 Å². The molecule has 0 aliphatic heterocycles. The standard InChI is InChI=1S/C15H22N4S/c1-6-13-18-14(16-5)10(3)15(19-13)17-8-12-7-9(2)11(4)20-12/h7H,6,8H2,1-5H3,(H2,16,17,18,19). The first-order chi connectivity index (χ1) is 9.55. The van der Waals surface area contributed by atoms with Gasteiger partial charge >= 0.3 is 0 Å². The second kappa shape index (κ2) is 6.22. The average Bonchev–Trinajstić information content (AvgIpc) is 2.76. The fourth-order valence-electron chi connectivity index (χ4n) is 2.04. The molecule has 108 valence electrons. The molecule has 0 radical (unpaired) electrons. The van der Waals surface area contributed by atoms with Gasteiger partial charge in [-0.2, -0.15) is 0 Å². The van der Waals surface area contributed by atoms with Gasteiger partial charge in [0.1, 0.15) is 17.5 Å². The summed E-state index contributed by atoms with van der Waals surface area (Å²) in [5.41, 5.74) is 2.42. The Hall–Kier alpha value is -1.62. The molecule has 0 fully saturated rings. The van der Waals surface area contributed by atoms with E-state index in [-0.39, 0.29) is 0 Å². The van der Waals surface area contributed by atoms with E-state index in [0.717, 1.165) is 36.0 Å². The molecule has 0 aliphatic rings. The summed E-state index contributed by atoms with van der Waals surface area (Å²) in [7, 11) is 1.89. The van der Waals surface area contributed by atoms with Gasteiger partial charge in [-0.15, -0.1) is 11.3 Å². The third kappa shape index (κ3) is 3.10. The summed E-state index contributed by atoms with van der Waals surface area (Å²) in [6.07, 6.45) is 0.834. The predicted octanol–water partition coefficient (Wildman–Crippen LogP) is 3.68. The molecule has 0 saturated carbocycles. The Balaban J connectivity index is 2.20. The second-order valence-corrected chi connectivity index (χ2v) is 6.21. The maximum Gasteiger partial charge on any atom is 0.135 e. The van der Waals surface area contributed by atoms with Gasteiger partial charge in [0.25, 0.3) is 0 Å². The number of rotatable bonds is 5. The van der Waals surface area contributed by atoms with Crippen LogP contribution in [-0.2, 0) is 13.0 Å². The first-order valence-electron chi connectivity index (χ1n) is 6.90. The molecule has 0 saturated heterocycles. The maximum atomic E-state index is 4.59. The molecule has 4 nitrogen and oxygen atoms in total. The van der Waals surface area contributed by atoms with Crippen molar-refractivity contribution in [1.29, 1.82) is 0 Å². The lowest BCUT2D eigenvalue weighted by Gasteiger charge is -2.12. The van der Waals surface area contributed by atoms with Gasteiger partial charge in [-0.25, -0.2) is 9.97 Å². The van der Waals surface area contributed by atoms with Crippen LogP contribution in [0.5, 0.6) is 0 Å². The molecule has 0 bridgehead atoms. The van der Waals surface area contributed by atoms with Crippen molar-refractivity contribution in [2.75, 3.05) is 17.7 Å². The van der Waals surface area contributed by atoms with E-state index in [2.05, 4.69) is 47.4 Å². The first kappa shape index (κ1) is 14.8. The molecule has 0 unspecified atom stereocenters. The van der Waals surface area contributed by atoms with E-state index >= 15 is 0 Å². The predicted molar refractivity (Wildman–Crippen MR) is 86.8 cm³/mol. The molecule has 0 spiro atoms. The molecule has 2 N–H and O–H groups in total. The number of hydrogen-bond acceptors (Lipinski definition) is 5. The zero-order valence-corrected chi connectivity index (χ0v) is 13.6. The van der Waals surface area contributed by atoms with Crippen LogP contribution in [0.15, 0.2) is 6.07 Å². The van der Waals surface area contributed by atoms with E-state index in [9.17, 15) is 0 Å². The lowest BCUT2D eigenvalue weighted by atomic mass is 10.2. The van der Waals surface area contributed by atoms with Gasteiger partial charge in [0, 0.05) is 28.8 Å². The fourth-order valence-corrected chi connectivity index (χ4v) is 3.04. The minimum absolute atomic E-state index is 0.809. The molecule has 0 aliphatic carbocycles. The molecule has 0 atom stereocenters. The number of aryl methyl sites for hydroxylation is 3. The summed E-state index contributed by atoms with van der Waals surface area (Å²) in [6, 6.07) is 2.24. The SMILES string of the molecule is CCc1nc(NC)c(C)c(NCc2cc(C)c(C)s2)n1. The highest BCUT2D eigenvalue weighted by Crippen LogP contribution is 2.24. The summed E-state index contributed by atoms with van der Waals surface area (Å²) in [4.78, 5) is 11.8. The van der Waals surface area contributed by atoms with Crippen molar-refractivity contribution in [2.45, 2.75) is 40.7 Å². The van der Waals surface area contributed by atoms with Gasteiger partial charge in [0.2, 0.25) is 0 Å². The minimum atomic E-state index is 0.809. The zero-order valence-electron chi connectivity index (χ0n) is 12.8. The van der Waals surface area contributed by atoms with Gasteiger partial charge in [-0.3, -0.25) is 0 Å². The molecule has 2 rings (SSSR count). The normalized spacial score (nSPS) is 10.7. The van der Waals surface area contributed by atoms with Gasteiger partial charge in [-0.1, -0.05) is 6.92 Å². The van der Waals surface area contributed by atoms with Crippen LogP contribution in [0, 0.1) is 20.8 Å². The van der Waals surface area contributed by atoms with Gasteiger partial charge in [0.15, 0.2) is 0 Å². The highest BCUT2D eigenvalue weighted by molar-refractivity contribution is 7.12. The number of anilines is 2. The van der Waals surface area contributed by atoms with E-state index in [0.29, 0.717) is 0 Å². The quantitative estimate of drug-likeness (QED) is 0.882. The molecule has 5 heteroatoms. The van der Waals surface area contributed by atoms with E-state index in [1.807, 2.05) is 25.3 Å². The highest BCUT2D eigenvalue weighted by atomic mass is 32.1. The molecule has 2 aromatic heterocycles. The van der Waals surface area contributed by atoms with E-state index in [1.165, 1.54) is 15.3 Å². The number of thiophene rings is 1. The Labute approximate surface area is 124 Å². The van der Waals surface area contributed by atoms with Crippen molar-refractivity contribution in [3.8, 4) is 0 Å². The van der Waals surface area contributed by atoms with E-state index in [1.54, 1.807) is 0 Å². The summed E-state index contributed by atoms with van der Waals surface area (Å²) in [6.45, 7) is 9.23. The summed E-state index contributed by atoms with van der Waals surface area (Å²) >= 11 is 1.84. The van der Waals surface area contributed by atoms with Crippen molar-refractivity contribution in [3.63, 3.8) is 0 Å². The number of nitrogens with zero attached hydrogens (tertiary/aromatic N) is 2. The van der Waals surface area contributed by atoms with Gasteiger partial charge < -0.3 is 10.6 Å². The Morgan fingerprint density at radius 3 is 2.40 bits per heavy atom. The summed E-state index contributed by atoms with van der Waals surface area (Å²) < 4.78 is 0. The summed E-state index contributed by atoms with van der Waals surface area (Å²) in [5, 5.41) is 6.57. The van der Waals surface area contributed by atoms with Crippen LogP contribution in [0.3, 0.4) is 0 Å². The molecule has 2 heterocycles. The third-order valence-electron chi connectivity index (χ3n) is 3.39. The topological polar surface area (TPSA) is 49.8 Å². The molecular weight excluding hydrogens is 268 g/mol. The van der Waals surface area contributed by atoms with Crippen LogP contribution in [0.25, 0.3) is 0 Å². The number of hydrogen-bond donors (Lipinski definition) is 2. The van der Waals surface area contributed by atoms with Crippen molar-refractivity contribution in [3.05, 3.63) is 32.8 Å². The average molecular weight is 290 g/mol. The molecule has 0 amide bonds.